The summed E-state index contributed by atoms with van der Waals surface area (Å²) >= 11 is 1.61. The van der Waals surface area contributed by atoms with Gasteiger partial charge in [0, 0.05) is 55.1 Å². The second-order valence-electron chi connectivity index (χ2n) is 6.23. The van der Waals surface area contributed by atoms with Crippen LogP contribution in [0, 0.1) is 0 Å². The minimum absolute atomic E-state index is 0.102. The van der Waals surface area contributed by atoms with Crippen molar-refractivity contribution in [2.45, 2.75) is 5.16 Å². The zero-order chi connectivity index (χ0) is 19.3. The van der Waals surface area contributed by atoms with Gasteiger partial charge >= 0.3 is 0 Å². The number of rotatable bonds is 6. The van der Waals surface area contributed by atoms with Crippen molar-refractivity contribution < 1.29 is 4.79 Å². The molecule has 0 unspecified atom stereocenters. The first-order chi connectivity index (χ1) is 13.7. The summed E-state index contributed by atoms with van der Waals surface area (Å²) in [7, 11) is 1.96. The fourth-order valence-electron chi connectivity index (χ4n) is 2.93. The van der Waals surface area contributed by atoms with Crippen LogP contribution in [0.25, 0.3) is 22.2 Å². The Morgan fingerprint density at radius 1 is 1.14 bits per heavy atom. The normalized spacial score (nSPS) is 10.9. The van der Waals surface area contributed by atoms with Crippen LogP contribution < -0.4 is 5.32 Å². The fraction of sp³-hybridized carbons (Fsp3) is 0.143. The van der Waals surface area contributed by atoms with Gasteiger partial charge in [0.1, 0.15) is 0 Å². The Balaban J connectivity index is 1.54. The molecular weight excluding hydrogens is 370 g/mol. The zero-order valence-corrected chi connectivity index (χ0v) is 16.2. The number of imidazole rings is 1. The van der Waals surface area contributed by atoms with E-state index in [1.165, 1.54) is 0 Å². The molecule has 0 fully saturated rings. The standard InChI is InChI=1S/C21H19N5OS/c1-26-12-10-24-21(26)28-13-11-23-20(27)17-14-19(15-6-8-22-9-7-15)25-18-5-3-2-4-16(17)18/h2-10,12,14H,11,13H2,1H3,(H,23,27). The maximum absolute atomic E-state index is 12.9. The van der Waals surface area contributed by atoms with Gasteiger partial charge in [-0.2, -0.15) is 0 Å². The number of hydrogen-bond donors (Lipinski definition) is 1. The maximum Gasteiger partial charge on any atom is 0.252 e. The first-order valence-corrected chi connectivity index (χ1v) is 9.89. The van der Waals surface area contributed by atoms with E-state index in [9.17, 15) is 4.79 Å². The van der Waals surface area contributed by atoms with Crippen LogP contribution in [-0.2, 0) is 7.05 Å². The monoisotopic (exact) mass is 389 g/mol. The quantitative estimate of drug-likeness (QED) is 0.403. The Kier molecular flexibility index (Phi) is 5.34. The van der Waals surface area contributed by atoms with Crippen LogP contribution in [0.5, 0.6) is 0 Å². The average Bonchev–Trinajstić information content (AvgIpc) is 3.15. The zero-order valence-electron chi connectivity index (χ0n) is 15.4. The topological polar surface area (TPSA) is 72.7 Å². The maximum atomic E-state index is 12.9. The molecular formula is C21H19N5OS. The van der Waals surface area contributed by atoms with E-state index in [0.29, 0.717) is 12.1 Å². The number of benzene rings is 1. The van der Waals surface area contributed by atoms with Gasteiger partial charge < -0.3 is 9.88 Å². The number of carbonyl (C=O) groups is 1. The molecule has 28 heavy (non-hydrogen) atoms. The number of nitrogens with zero attached hydrogens (tertiary/aromatic N) is 4. The van der Waals surface area contributed by atoms with Gasteiger partial charge in [-0.15, -0.1) is 0 Å². The molecule has 6 nitrogen and oxygen atoms in total. The van der Waals surface area contributed by atoms with Gasteiger partial charge in [-0.3, -0.25) is 9.78 Å². The van der Waals surface area contributed by atoms with Crippen molar-refractivity contribution in [1.29, 1.82) is 0 Å². The highest BCUT2D eigenvalue weighted by Gasteiger charge is 2.13. The van der Waals surface area contributed by atoms with E-state index < -0.39 is 0 Å². The van der Waals surface area contributed by atoms with Gasteiger partial charge in [0.25, 0.3) is 5.91 Å². The number of thioether (sulfide) groups is 1. The molecule has 0 aliphatic heterocycles. The van der Waals surface area contributed by atoms with Crippen LogP contribution in [0.4, 0.5) is 0 Å². The number of carbonyl (C=O) groups excluding carboxylic acids is 1. The lowest BCUT2D eigenvalue weighted by Gasteiger charge is -2.10. The molecule has 0 aliphatic carbocycles. The van der Waals surface area contributed by atoms with Gasteiger partial charge in [-0.1, -0.05) is 30.0 Å². The predicted octanol–water partition coefficient (Wildman–Crippen LogP) is 3.55. The van der Waals surface area contributed by atoms with Crippen LogP contribution >= 0.6 is 11.8 Å². The number of nitrogens with one attached hydrogen (secondary N) is 1. The van der Waals surface area contributed by atoms with Crippen LogP contribution in [-0.4, -0.2) is 37.7 Å². The van der Waals surface area contributed by atoms with Crippen LogP contribution in [0.3, 0.4) is 0 Å². The number of amides is 1. The molecule has 0 aliphatic rings. The lowest BCUT2D eigenvalue weighted by Crippen LogP contribution is -2.26. The highest BCUT2D eigenvalue weighted by molar-refractivity contribution is 7.99. The molecule has 140 valence electrons. The van der Waals surface area contributed by atoms with E-state index in [1.54, 1.807) is 30.4 Å². The highest BCUT2D eigenvalue weighted by Crippen LogP contribution is 2.24. The number of fused-ring (bicyclic) bond motifs is 1. The lowest BCUT2D eigenvalue weighted by atomic mass is 10.0. The van der Waals surface area contributed by atoms with Crippen molar-refractivity contribution in [2.24, 2.45) is 7.05 Å². The van der Waals surface area contributed by atoms with E-state index in [0.717, 1.165) is 33.1 Å². The molecule has 0 radical (unpaired) electrons. The molecule has 0 atom stereocenters. The molecule has 1 N–H and O–H groups in total. The smallest absolute Gasteiger partial charge is 0.252 e. The molecule has 0 saturated heterocycles. The Labute approximate surface area is 167 Å². The van der Waals surface area contributed by atoms with E-state index in [4.69, 9.17) is 4.98 Å². The Bertz CT molecular complexity index is 1110. The highest BCUT2D eigenvalue weighted by atomic mass is 32.2. The number of aryl methyl sites for hydroxylation is 1. The SMILES string of the molecule is Cn1ccnc1SCCNC(=O)c1cc(-c2ccncc2)nc2ccccc12. The summed E-state index contributed by atoms with van der Waals surface area (Å²) in [5.41, 5.74) is 3.11. The summed E-state index contributed by atoms with van der Waals surface area (Å²) in [5.74, 6) is 0.644. The summed E-state index contributed by atoms with van der Waals surface area (Å²) in [6, 6.07) is 13.3. The summed E-state index contributed by atoms with van der Waals surface area (Å²) in [6.07, 6.45) is 7.12. The number of pyridine rings is 2. The van der Waals surface area contributed by atoms with Crippen molar-refractivity contribution in [2.75, 3.05) is 12.3 Å². The fourth-order valence-corrected chi connectivity index (χ4v) is 3.71. The molecule has 3 heterocycles. The molecule has 4 aromatic rings. The number of aromatic nitrogens is 4. The van der Waals surface area contributed by atoms with Crippen LogP contribution in [0.15, 0.2) is 72.4 Å². The average molecular weight is 389 g/mol. The molecule has 0 saturated carbocycles. The molecule has 4 rings (SSSR count). The summed E-state index contributed by atoms with van der Waals surface area (Å²) in [6.45, 7) is 0.553. The third-order valence-corrected chi connectivity index (χ3v) is 5.39. The van der Waals surface area contributed by atoms with Gasteiger partial charge in [0.2, 0.25) is 0 Å². The van der Waals surface area contributed by atoms with Gasteiger partial charge in [0.05, 0.1) is 16.8 Å². The van der Waals surface area contributed by atoms with Gasteiger partial charge in [0.15, 0.2) is 5.16 Å². The van der Waals surface area contributed by atoms with Crippen molar-refractivity contribution in [3.63, 3.8) is 0 Å². The molecule has 0 spiro atoms. The van der Waals surface area contributed by atoms with Crippen molar-refractivity contribution in [3.8, 4) is 11.3 Å². The summed E-state index contributed by atoms with van der Waals surface area (Å²) in [5, 5.41) is 4.79. The molecule has 0 bridgehead atoms. The second kappa shape index (κ2) is 8.22. The third kappa shape index (κ3) is 3.89. The van der Waals surface area contributed by atoms with E-state index in [-0.39, 0.29) is 5.91 Å². The van der Waals surface area contributed by atoms with E-state index in [1.807, 2.05) is 60.3 Å². The predicted molar refractivity (Wildman–Crippen MR) is 111 cm³/mol. The molecule has 1 amide bonds. The van der Waals surface area contributed by atoms with Crippen molar-refractivity contribution >= 4 is 28.6 Å². The number of para-hydroxylation sites is 1. The number of hydrogen-bond acceptors (Lipinski definition) is 5. The Morgan fingerprint density at radius 3 is 2.75 bits per heavy atom. The Hall–Kier alpha value is -3.19. The summed E-state index contributed by atoms with van der Waals surface area (Å²) < 4.78 is 1.96. The molecule has 1 aromatic carbocycles. The Morgan fingerprint density at radius 2 is 1.96 bits per heavy atom. The molecule has 3 aromatic heterocycles. The van der Waals surface area contributed by atoms with Gasteiger partial charge in [-0.25, -0.2) is 9.97 Å². The second-order valence-corrected chi connectivity index (χ2v) is 7.30. The van der Waals surface area contributed by atoms with Gasteiger partial charge in [-0.05, 0) is 24.3 Å². The van der Waals surface area contributed by atoms with Crippen molar-refractivity contribution in [1.82, 2.24) is 24.8 Å². The van der Waals surface area contributed by atoms with Crippen molar-refractivity contribution in [3.05, 3.63) is 72.8 Å². The largest absolute Gasteiger partial charge is 0.351 e. The third-order valence-electron chi connectivity index (χ3n) is 4.33. The lowest BCUT2D eigenvalue weighted by molar-refractivity contribution is 0.0958. The summed E-state index contributed by atoms with van der Waals surface area (Å²) in [4.78, 5) is 25.9. The van der Waals surface area contributed by atoms with E-state index >= 15 is 0 Å². The van der Waals surface area contributed by atoms with Crippen LogP contribution in [0.2, 0.25) is 0 Å². The minimum atomic E-state index is -0.102. The van der Waals surface area contributed by atoms with Crippen LogP contribution in [0.1, 0.15) is 10.4 Å². The molecule has 7 heteroatoms. The first kappa shape index (κ1) is 18.2. The first-order valence-electron chi connectivity index (χ1n) is 8.91. The van der Waals surface area contributed by atoms with E-state index in [2.05, 4.69) is 15.3 Å². The minimum Gasteiger partial charge on any atom is -0.351 e.